The molecule has 3 heterocycles. The zero-order valence-electron chi connectivity index (χ0n) is 27.3. The highest BCUT2D eigenvalue weighted by Gasteiger charge is 2.69. The fraction of sp³-hybridized carbons (Fsp3) is 0.324. The van der Waals surface area contributed by atoms with Gasteiger partial charge in [-0.3, -0.25) is 24.1 Å². The third kappa shape index (κ3) is 5.79. The van der Waals surface area contributed by atoms with Crippen molar-refractivity contribution in [1.29, 1.82) is 0 Å². The quantitative estimate of drug-likeness (QED) is 0.158. The lowest BCUT2D eigenvalue weighted by atomic mass is 9.68. The number of ether oxygens (including phenoxy) is 2. The Kier molecular flexibility index (Phi) is 8.52. The van der Waals surface area contributed by atoms with Crippen LogP contribution in [0.15, 0.2) is 82.6 Å². The number of alkyl halides is 3. The van der Waals surface area contributed by atoms with Crippen molar-refractivity contribution >= 4 is 58.2 Å². The zero-order chi connectivity index (χ0) is 36.5. The second-order valence-electron chi connectivity index (χ2n) is 13.2. The first-order valence-electron chi connectivity index (χ1n) is 16.7. The lowest BCUT2D eigenvalue weighted by Crippen LogP contribution is -2.42. The van der Waals surface area contributed by atoms with E-state index in [4.69, 9.17) is 9.47 Å². The minimum Gasteiger partial charge on any atom is -0.484 e. The molecule has 0 spiro atoms. The normalized spacial score (nSPS) is 25.8. The van der Waals surface area contributed by atoms with Crippen molar-refractivity contribution in [3.63, 3.8) is 0 Å². The Labute approximate surface area is 302 Å². The molecule has 8 rings (SSSR count). The van der Waals surface area contributed by atoms with Gasteiger partial charge >= 0.3 is 17.0 Å². The third-order valence-corrected chi connectivity index (χ3v) is 13.0. The number of thiazole rings is 1. The van der Waals surface area contributed by atoms with Crippen molar-refractivity contribution in [2.24, 2.45) is 29.6 Å². The van der Waals surface area contributed by atoms with Gasteiger partial charge in [0.15, 0.2) is 6.61 Å². The number of hydrogen-bond donors (Lipinski definition) is 2. The van der Waals surface area contributed by atoms with Crippen LogP contribution in [0.4, 0.5) is 24.5 Å². The number of benzene rings is 3. The predicted octanol–water partition coefficient (Wildman–Crippen LogP) is 6.33. The number of imide groups is 1. The molecule has 2 bridgehead atoms. The average Bonchev–Trinajstić information content (AvgIpc) is 3.86. The number of esters is 1. The van der Waals surface area contributed by atoms with Crippen LogP contribution < -0.4 is 19.8 Å². The Balaban J connectivity index is 1.01. The number of thioether (sulfide) groups is 1. The summed E-state index contributed by atoms with van der Waals surface area (Å²) in [4.78, 5) is 70.2. The van der Waals surface area contributed by atoms with Gasteiger partial charge < -0.3 is 19.8 Å². The smallest absolute Gasteiger partial charge is 0.416 e. The van der Waals surface area contributed by atoms with E-state index in [9.17, 15) is 37.1 Å². The van der Waals surface area contributed by atoms with Crippen LogP contribution in [-0.4, -0.2) is 47.1 Å². The number of carbonyl (C=O) groups is 4. The predicted molar refractivity (Wildman–Crippen MR) is 185 cm³/mol. The van der Waals surface area contributed by atoms with Crippen molar-refractivity contribution in [2.45, 2.75) is 35.7 Å². The van der Waals surface area contributed by atoms with Crippen LogP contribution in [-0.2, 0) is 25.3 Å². The maximum atomic E-state index is 14.1. The highest BCUT2D eigenvalue weighted by molar-refractivity contribution is 8.00. The maximum Gasteiger partial charge on any atom is 0.416 e. The lowest BCUT2D eigenvalue weighted by molar-refractivity contribution is -0.137. The molecule has 1 aromatic heterocycles. The summed E-state index contributed by atoms with van der Waals surface area (Å²) in [5.41, 5.74) is 0.738. The van der Waals surface area contributed by atoms with Crippen LogP contribution in [0.1, 0.15) is 45.6 Å². The molecule has 52 heavy (non-hydrogen) atoms. The monoisotopic (exact) mass is 749 g/mol. The number of H-pyrrole nitrogens is 1. The van der Waals surface area contributed by atoms with E-state index < -0.39 is 42.1 Å². The second kappa shape index (κ2) is 13.0. The number of nitrogens with one attached hydrogen (secondary N) is 2. The number of hydrogen-bond acceptors (Lipinski definition) is 9. The fourth-order valence-corrected chi connectivity index (χ4v) is 11.4. The zero-order valence-corrected chi connectivity index (χ0v) is 29.0. The maximum absolute atomic E-state index is 14.1. The van der Waals surface area contributed by atoms with Gasteiger partial charge in [-0.1, -0.05) is 29.5 Å². The summed E-state index contributed by atoms with van der Waals surface area (Å²) < 4.78 is 49.9. The average molecular weight is 750 g/mol. The summed E-state index contributed by atoms with van der Waals surface area (Å²) in [6.45, 7) is 1.50. The van der Waals surface area contributed by atoms with Gasteiger partial charge in [0, 0.05) is 21.7 Å². The van der Waals surface area contributed by atoms with Crippen LogP contribution in [0.25, 0.3) is 0 Å². The van der Waals surface area contributed by atoms with E-state index >= 15 is 0 Å². The molecule has 2 saturated carbocycles. The largest absolute Gasteiger partial charge is 0.484 e. The van der Waals surface area contributed by atoms with Crippen LogP contribution in [0.2, 0.25) is 0 Å². The molecule has 0 radical (unpaired) electrons. The minimum atomic E-state index is -4.54. The molecule has 2 N–H and O–H groups in total. The third-order valence-electron chi connectivity index (χ3n) is 10.4. The Bertz CT molecular complexity index is 2150. The van der Waals surface area contributed by atoms with Gasteiger partial charge in [-0.05, 0) is 91.3 Å². The van der Waals surface area contributed by atoms with Crippen LogP contribution in [0.3, 0.4) is 0 Å². The van der Waals surface area contributed by atoms with Gasteiger partial charge in [0.2, 0.25) is 11.8 Å². The van der Waals surface area contributed by atoms with E-state index in [1.54, 1.807) is 55.1 Å². The number of aromatic amines is 1. The topological polar surface area (TPSA) is 135 Å². The van der Waals surface area contributed by atoms with Crippen LogP contribution in [0.5, 0.6) is 5.75 Å². The molecule has 4 aliphatic rings. The Morgan fingerprint density at radius 3 is 2.37 bits per heavy atom. The van der Waals surface area contributed by atoms with Gasteiger partial charge in [-0.15, -0.1) is 11.8 Å². The summed E-state index contributed by atoms with van der Waals surface area (Å²) >= 11 is 2.71. The number of carbonyl (C=O) groups excluding carboxylic acids is 4. The molecule has 4 aromatic rings. The van der Waals surface area contributed by atoms with E-state index in [1.807, 2.05) is 12.1 Å². The Hall–Kier alpha value is -4.89. The van der Waals surface area contributed by atoms with Gasteiger partial charge in [0.25, 0.3) is 5.91 Å². The molecular weight excluding hydrogens is 720 g/mol. The second-order valence-corrected chi connectivity index (χ2v) is 15.4. The Morgan fingerprint density at radius 1 is 0.962 bits per heavy atom. The number of nitrogens with zero attached hydrogens (tertiary/aromatic N) is 1. The molecular formula is C37H30F3N3O7S2. The molecule has 3 fully saturated rings. The van der Waals surface area contributed by atoms with Crippen LogP contribution >= 0.6 is 23.1 Å². The number of halogens is 3. The van der Waals surface area contributed by atoms with Crippen molar-refractivity contribution in [2.75, 3.05) is 23.4 Å². The standard InChI is InChI=1S/C37H30F3N3O7S2/c1-2-49-35(47)18-6-10-21(11-7-18)43-33(45)28-23-15-24(29(28)34(43)46)30-27(23)26(31-32(51-30)42-36(48)52-31)17-8-12-22(13-9-17)50-16-25(44)41-20-5-3-4-19(14-20)37(38,39)40/h3-14,23-24,26-30H,2,15-16H2,1H3,(H,41,44)(H,42,48)/t23?,24?,26-,27?,28?,29?,30?/m1/s1. The highest BCUT2D eigenvalue weighted by atomic mass is 32.2. The lowest BCUT2D eigenvalue weighted by Gasteiger charge is -2.43. The number of aromatic nitrogens is 1. The number of amides is 3. The van der Waals surface area contributed by atoms with Gasteiger partial charge in [-0.2, -0.15) is 13.2 Å². The van der Waals surface area contributed by atoms with Crippen molar-refractivity contribution in [3.8, 4) is 5.75 Å². The number of anilines is 2. The fourth-order valence-electron chi connectivity index (χ4n) is 8.50. The summed E-state index contributed by atoms with van der Waals surface area (Å²) in [6.07, 6.45) is -3.83. The van der Waals surface area contributed by atoms with Crippen molar-refractivity contribution in [1.82, 2.24) is 4.98 Å². The Morgan fingerprint density at radius 2 is 1.67 bits per heavy atom. The van der Waals surface area contributed by atoms with E-state index in [0.29, 0.717) is 23.4 Å². The van der Waals surface area contributed by atoms with E-state index in [2.05, 4.69) is 10.3 Å². The SMILES string of the molecule is CCOC(=O)c1ccc(N2C(=O)C3C4CC(C3C2=O)C2C4Sc3[nH]c(=O)sc3[C@@H]2c2ccc(OCC(=O)Nc3cccc(C(F)(F)F)c3)cc2)cc1. The van der Waals surface area contributed by atoms with Crippen molar-refractivity contribution in [3.05, 3.63) is 104 Å². The van der Waals surface area contributed by atoms with Crippen LogP contribution in [0, 0.1) is 29.6 Å². The molecule has 2 aliphatic heterocycles. The molecule has 2 aliphatic carbocycles. The molecule has 3 amide bonds. The molecule has 3 aromatic carbocycles. The van der Waals surface area contributed by atoms with Crippen molar-refractivity contribution < 1.29 is 41.8 Å². The summed E-state index contributed by atoms with van der Waals surface area (Å²) in [7, 11) is 0. The van der Waals surface area contributed by atoms with Gasteiger partial charge in [0.1, 0.15) is 5.75 Å². The van der Waals surface area contributed by atoms with Gasteiger partial charge in [0.05, 0.1) is 40.3 Å². The molecule has 268 valence electrons. The molecule has 7 atom stereocenters. The molecule has 6 unspecified atom stereocenters. The minimum absolute atomic E-state index is 0.00429. The van der Waals surface area contributed by atoms with E-state index in [-0.39, 0.29) is 57.9 Å². The summed E-state index contributed by atoms with van der Waals surface area (Å²) in [5.74, 6) is -2.72. The number of rotatable bonds is 8. The molecule has 15 heteroatoms. The first-order valence-corrected chi connectivity index (χ1v) is 18.4. The summed E-state index contributed by atoms with van der Waals surface area (Å²) in [6, 6.07) is 17.7. The van der Waals surface area contributed by atoms with E-state index in [1.165, 1.54) is 17.0 Å². The molecule has 10 nitrogen and oxygen atoms in total. The van der Waals surface area contributed by atoms with Gasteiger partial charge in [-0.25, -0.2) is 4.79 Å². The van der Waals surface area contributed by atoms with E-state index in [0.717, 1.165) is 38.9 Å². The number of fused-ring (bicyclic) bond motifs is 9. The first-order chi connectivity index (χ1) is 24.9. The first kappa shape index (κ1) is 34.2. The summed E-state index contributed by atoms with van der Waals surface area (Å²) in [5, 5.41) is 3.16. The highest BCUT2D eigenvalue weighted by Crippen LogP contribution is 2.68. The molecule has 1 saturated heterocycles.